The number of nitrogens with one attached hydrogen (secondary N) is 1. The lowest BCUT2D eigenvalue weighted by Crippen LogP contribution is -2.30. The highest BCUT2D eigenvalue weighted by molar-refractivity contribution is 5.95. The lowest BCUT2D eigenvalue weighted by Gasteiger charge is -2.11. The van der Waals surface area contributed by atoms with Crippen LogP contribution in [0.25, 0.3) is 0 Å². The number of nitro groups is 1. The average Bonchev–Trinajstić information content (AvgIpc) is 2.87. The summed E-state index contributed by atoms with van der Waals surface area (Å²) < 4.78 is 18.2. The first kappa shape index (κ1) is 14.9. The van der Waals surface area contributed by atoms with Crippen molar-refractivity contribution in [2.75, 3.05) is 5.32 Å². The van der Waals surface area contributed by atoms with Crippen molar-refractivity contribution in [3.63, 3.8) is 0 Å². The second kappa shape index (κ2) is 5.83. The topological polar surface area (TPSA) is 119 Å². The number of ether oxygens (including phenoxy) is 1. The van der Waals surface area contributed by atoms with Gasteiger partial charge in [0.1, 0.15) is 11.9 Å². The van der Waals surface area contributed by atoms with E-state index < -0.39 is 40.5 Å². The summed E-state index contributed by atoms with van der Waals surface area (Å²) in [5.41, 5.74) is -0.588. The summed E-state index contributed by atoms with van der Waals surface area (Å²) in [6, 6.07) is 2.65. The van der Waals surface area contributed by atoms with Crippen LogP contribution in [0.5, 0.6) is 0 Å². The Morgan fingerprint density at radius 1 is 1.33 bits per heavy atom. The highest BCUT2D eigenvalue weighted by Crippen LogP contribution is 2.23. The molecule has 1 amide bonds. The zero-order valence-corrected chi connectivity index (χ0v) is 10.6. The minimum Gasteiger partial charge on any atom is -0.479 e. The van der Waals surface area contributed by atoms with E-state index in [4.69, 9.17) is 9.84 Å². The van der Waals surface area contributed by atoms with Crippen LogP contribution in [-0.4, -0.2) is 34.1 Å². The molecular weight excluding hydrogens is 287 g/mol. The smallest absolute Gasteiger partial charge is 0.332 e. The van der Waals surface area contributed by atoms with Gasteiger partial charge in [-0.05, 0) is 18.9 Å². The van der Waals surface area contributed by atoms with Gasteiger partial charge in [-0.15, -0.1) is 0 Å². The SMILES string of the molecule is O=C(Nc1cc(F)cc([N+](=O)[O-])c1)[C@@H]1CC[C@H](C(=O)O)O1. The Bertz CT molecular complexity index is 605. The summed E-state index contributed by atoms with van der Waals surface area (Å²) in [7, 11) is 0. The van der Waals surface area contributed by atoms with Crippen molar-refractivity contribution in [1.82, 2.24) is 0 Å². The van der Waals surface area contributed by atoms with Crippen LogP contribution in [0.1, 0.15) is 12.8 Å². The number of carboxylic acid groups (broad SMARTS) is 1. The molecule has 0 saturated carbocycles. The number of benzene rings is 1. The van der Waals surface area contributed by atoms with E-state index in [2.05, 4.69) is 5.32 Å². The van der Waals surface area contributed by atoms with Crippen molar-refractivity contribution in [1.29, 1.82) is 0 Å². The molecule has 0 aromatic heterocycles. The molecule has 1 saturated heterocycles. The standard InChI is InChI=1S/C12H11FN2O6/c13-6-3-7(5-8(4-6)15(19)20)14-11(16)9-1-2-10(21-9)12(17)18/h3-5,9-10H,1-2H2,(H,14,16)(H,17,18)/t9-,10+/m0/s1. The Kier molecular flexibility index (Phi) is 4.13. The first-order valence-corrected chi connectivity index (χ1v) is 6.01. The molecule has 8 nitrogen and oxygen atoms in total. The predicted octanol–water partition coefficient (Wildman–Crippen LogP) is 1.30. The lowest BCUT2D eigenvalue weighted by atomic mass is 10.2. The number of carboxylic acids is 1. The average molecular weight is 298 g/mol. The first-order valence-electron chi connectivity index (χ1n) is 6.01. The number of rotatable bonds is 4. The molecule has 1 aliphatic rings. The fraction of sp³-hybridized carbons (Fsp3) is 0.333. The molecule has 21 heavy (non-hydrogen) atoms. The number of nitro benzene ring substituents is 1. The van der Waals surface area contributed by atoms with Crippen molar-refractivity contribution in [3.05, 3.63) is 34.1 Å². The quantitative estimate of drug-likeness (QED) is 0.639. The van der Waals surface area contributed by atoms with Crippen molar-refractivity contribution >= 4 is 23.3 Å². The number of anilines is 1. The molecule has 0 bridgehead atoms. The predicted molar refractivity (Wildman–Crippen MR) is 67.2 cm³/mol. The monoisotopic (exact) mass is 298 g/mol. The van der Waals surface area contributed by atoms with Crippen LogP contribution in [0.2, 0.25) is 0 Å². The van der Waals surface area contributed by atoms with Gasteiger partial charge in [0.05, 0.1) is 16.7 Å². The highest BCUT2D eigenvalue weighted by Gasteiger charge is 2.34. The maximum Gasteiger partial charge on any atom is 0.332 e. The van der Waals surface area contributed by atoms with Crippen LogP contribution in [-0.2, 0) is 14.3 Å². The molecule has 1 aliphatic heterocycles. The molecule has 0 spiro atoms. The normalized spacial score (nSPS) is 21.0. The summed E-state index contributed by atoms with van der Waals surface area (Å²) in [5.74, 6) is -2.69. The Balaban J connectivity index is 2.07. The third-order valence-corrected chi connectivity index (χ3v) is 2.95. The fourth-order valence-corrected chi connectivity index (χ4v) is 1.99. The van der Waals surface area contributed by atoms with Gasteiger partial charge in [0.25, 0.3) is 11.6 Å². The second-order valence-corrected chi connectivity index (χ2v) is 4.47. The Morgan fingerprint density at radius 2 is 2.00 bits per heavy atom. The van der Waals surface area contributed by atoms with Gasteiger partial charge >= 0.3 is 5.97 Å². The number of hydrogen-bond donors (Lipinski definition) is 2. The summed E-state index contributed by atoms with van der Waals surface area (Å²) in [6.07, 6.45) is -1.63. The minimum atomic E-state index is -1.16. The van der Waals surface area contributed by atoms with Crippen LogP contribution < -0.4 is 5.32 Å². The molecule has 1 heterocycles. The van der Waals surface area contributed by atoms with E-state index in [1.807, 2.05) is 0 Å². The fourth-order valence-electron chi connectivity index (χ4n) is 1.99. The van der Waals surface area contributed by atoms with Crippen molar-refractivity contribution in [2.24, 2.45) is 0 Å². The van der Waals surface area contributed by atoms with Gasteiger partial charge in [-0.25, -0.2) is 9.18 Å². The van der Waals surface area contributed by atoms with Crippen molar-refractivity contribution < 1.29 is 28.7 Å². The molecule has 1 aromatic carbocycles. The van der Waals surface area contributed by atoms with Crippen molar-refractivity contribution in [3.8, 4) is 0 Å². The number of amides is 1. The van der Waals surface area contributed by atoms with Crippen LogP contribution in [0.3, 0.4) is 0 Å². The second-order valence-electron chi connectivity index (χ2n) is 4.47. The molecule has 112 valence electrons. The van der Waals surface area contributed by atoms with Gasteiger partial charge in [0.15, 0.2) is 6.10 Å². The zero-order chi connectivity index (χ0) is 15.6. The summed E-state index contributed by atoms with van der Waals surface area (Å²) in [5, 5.41) is 21.6. The number of halogens is 1. The Morgan fingerprint density at radius 3 is 2.57 bits per heavy atom. The molecule has 1 aromatic rings. The summed E-state index contributed by atoms with van der Waals surface area (Å²) in [6.45, 7) is 0. The molecule has 0 radical (unpaired) electrons. The van der Waals surface area contributed by atoms with Crippen LogP contribution in [0.15, 0.2) is 18.2 Å². The number of carbonyl (C=O) groups excluding carboxylic acids is 1. The summed E-state index contributed by atoms with van der Waals surface area (Å²) >= 11 is 0. The third kappa shape index (κ3) is 3.51. The first-order chi connectivity index (χ1) is 9.86. The molecule has 2 atom stereocenters. The zero-order valence-electron chi connectivity index (χ0n) is 10.6. The van der Waals surface area contributed by atoms with Gasteiger partial charge in [-0.1, -0.05) is 0 Å². The Labute approximate surface area is 117 Å². The molecule has 0 aliphatic carbocycles. The maximum absolute atomic E-state index is 13.2. The van der Waals surface area contributed by atoms with Gasteiger partial charge in [0.2, 0.25) is 0 Å². The van der Waals surface area contributed by atoms with Crippen LogP contribution in [0.4, 0.5) is 15.8 Å². The van der Waals surface area contributed by atoms with E-state index >= 15 is 0 Å². The van der Waals surface area contributed by atoms with E-state index in [-0.39, 0.29) is 18.5 Å². The van der Waals surface area contributed by atoms with Gasteiger partial charge in [0, 0.05) is 6.07 Å². The van der Waals surface area contributed by atoms with Crippen LogP contribution >= 0.6 is 0 Å². The van der Waals surface area contributed by atoms with E-state index in [9.17, 15) is 24.1 Å². The molecule has 2 rings (SSSR count). The molecule has 9 heteroatoms. The number of non-ortho nitro benzene ring substituents is 1. The molecular formula is C12H11FN2O6. The van der Waals surface area contributed by atoms with Crippen LogP contribution in [0, 0.1) is 15.9 Å². The number of aliphatic carboxylic acids is 1. The highest BCUT2D eigenvalue weighted by atomic mass is 19.1. The third-order valence-electron chi connectivity index (χ3n) is 2.95. The van der Waals surface area contributed by atoms with Crippen molar-refractivity contribution in [2.45, 2.75) is 25.0 Å². The van der Waals surface area contributed by atoms with Gasteiger partial charge < -0.3 is 15.2 Å². The minimum absolute atomic E-state index is 0.0888. The Hall–Kier alpha value is -2.55. The largest absolute Gasteiger partial charge is 0.479 e. The number of carbonyl (C=O) groups is 2. The van der Waals surface area contributed by atoms with E-state index in [0.29, 0.717) is 0 Å². The van der Waals surface area contributed by atoms with Gasteiger partial charge in [-0.2, -0.15) is 0 Å². The number of hydrogen-bond acceptors (Lipinski definition) is 5. The molecule has 2 N–H and O–H groups in total. The molecule has 1 fully saturated rings. The maximum atomic E-state index is 13.2. The van der Waals surface area contributed by atoms with E-state index in [1.165, 1.54) is 0 Å². The van der Waals surface area contributed by atoms with Gasteiger partial charge in [-0.3, -0.25) is 14.9 Å². The lowest BCUT2D eigenvalue weighted by molar-refractivity contribution is -0.385. The molecule has 0 unspecified atom stereocenters. The number of nitrogens with zero attached hydrogens (tertiary/aromatic N) is 1. The van der Waals surface area contributed by atoms with E-state index in [0.717, 1.165) is 18.2 Å². The van der Waals surface area contributed by atoms with E-state index in [1.54, 1.807) is 0 Å². The summed E-state index contributed by atoms with van der Waals surface area (Å²) in [4.78, 5) is 32.4.